The minimum absolute atomic E-state index is 0.102. The summed E-state index contributed by atoms with van der Waals surface area (Å²) < 4.78 is 32.5. The van der Waals surface area contributed by atoms with Crippen molar-refractivity contribution in [2.24, 2.45) is 5.41 Å². The summed E-state index contributed by atoms with van der Waals surface area (Å²) in [6, 6.07) is 5.13. The molecule has 3 rings (SSSR count). The van der Waals surface area contributed by atoms with Gasteiger partial charge in [-0.05, 0) is 32.0 Å². The fourth-order valence-electron chi connectivity index (χ4n) is 3.38. The van der Waals surface area contributed by atoms with Crippen LogP contribution in [0.4, 0.5) is 5.69 Å². The minimum atomic E-state index is -4.08. The number of nitro groups is 1. The fourth-order valence-corrected chi connectivity index (χ4v) is 4.62. The standard InChI is InChI=1S/C15H19N3O6S/c19-14-15(5-7-16-8-6-15)9-11(24-14)10-17-25(22,23)13-4-2-1-3-12(13)18(20)21/h1-4,11,16-17H,5-10H2. The molecule has 1 spiro atoms. The molecule has 0 aliphatic carbocycles. The van der Waals surface area contributed by atoms with E-state index >= 15 is 0 Å². The van der Waals surface area contributed by atoms with Crippen molar-refractivity contribution in [2.45, 2.75) is 30.3 Å². The number of piperidine rings is 1. The highest BCUT2D eigenvalue weighted by Crippen LogP contribution is 2.41. The second kappa shape index (κ2) is 6.70. The van der Waals surface area contributed by atoms with Crippen molar-refractivity contribution < 1.29 is 22.9 Å². The Labute approximate surface area is 144 Å². The van der Waals surface area contributed by atoms with Gasteiger partial charge in [0.05, 0.1) is 10.3 Å². The molecule has 9 nitrogen and oxygen atoms in total. The van der Waals surface area contributed by atoms with Crippen molar-refractivity contribution in [3.8, 4) is 0 Å². The van der Waals surface area contributed by atoms with Gasteiger partial charge in [0.25, 0.3) is 5.69 Å². The zero-order valence-electron chi connectivity index (χ0n) is 13.4. The summed E-state index contributed by atoms with van der Waals surface area (Å²) in [5, 5.41) is 14.2. The monoisotopic (exact) mass is 369 g/mol. The molecule has 2 N–H and O–H groups in total. The lowest BCUT2D eigenvalue weighted by molar-refractivity contribution is -0.387. The molecule has 2 aliphatic rings. The average molecular weight is 369 g/mol. The van der Waals surface area contributed by atoms with Gasteiger partial charge < -0.3 is 10.1 Å². The van der Waals surface area contributed by atoms with Crippen molar-refractivity contribution in [1.82, 2.24) is 10.0 Å². The van der Waals surface area contributed by atoms with Crippen LogP contribution in [0, 0.1) is 15.5 Å². The van der Waals surface area contributed by atoms with E-state index in [1.807, 2.05) is 0 Å². The van der Waals surface area contributed by atoms with Crippen LogP contribution in [0.2, 0.25) is 0 Å². The Balaban J connectivity index is 1.70. The Bertz CT molecular complexity index is 788. The molecule has 1 atom stereocenters. The summed E-state index contributed by atoms with van der Waals surface area (Å²) in [5.74, 6) is -0.288. The van der Waals surface area contributed by atoms with Crippen molar-refractivity contribution in [2.75, 3.05) is 19.6 Å². The Morgan fingerprint density at radius 2 is 2.00 bits per heavy atom. The molecule has 136 valence electrons. The molecular weight excluding hydrogens is 350 g/mol. The topological polar surface area (TPSA) is 128 Å². The van der Waals surface area contributed by atoms with Gasteiger partial charge in [-0.2, -0.15) is 0 Å². The van der Waals surface area contributed by atoms with E-state index in [9.17, 15) is 23.3 Å². The number of sulfonamides is 1. The number of nitro benzene ring substituents is 1. The summed E-state index contributed by atoms with van der Waals surface area (Å²) in [4.78, 5) is 22.1. The number of ether oxygens (including phenoxy) is 1. The van der Waals surface area contributed by atoms with Crippen molar-refractivity contribution in [1.29, 1.82) is 0 Å². The predicted molar refractivity (Wildman–Crippen MR) is 87.3 cm³/mol. The number of carbonyl (C=O) groups is 1. The molecule has 0 saturated carbocycles. The summed E-state index contributed by atoms with van der Waals surface area (Å²) in [6.45, 7) is 1.35. The van der Waals surface area contributed by atoms with Gasteiger partial charge in [-0.1, -0.05) is 12.1 Å². The number of nitrogens with one attached hydrogen (secondary N) is 2. The third-order valence-corrected chi connectivity index (χ3v) is 6.21. The van der Waals surface area contributed by atoms with E-state index in [-0.39, 0.29) is 12.5 Å². The van der Waals surface area contributed by atoms with Gasteiger partial charge in [-0.3, -0.25) is 14.9 Å². The molecule has 10 heteroatoms. The summed E-state index contributed by atoms with van der Waals surface area (Å²) in [7, 11) is -4.08. The average Bonchev–Trinajstić information content (AvgIpc) is 2.89. The van der Waals surface area contributed by atoms with Crippen LogP contribution in [0.5, 0.6) is 0 Å². The Hall–Kier alpha value is -2.04. The van der Waals surface area contributed by atoms with Gasteiger partial charge in [0.2, 0.25) is 10.0 Å². The normalized spacial score (nSPS) is 22.7. The van der Waals surface area contributed by atoms with E-state index in [0.29, 0.717) is 19.3 Å². The Morgan fingerprint density at radius 3 is 2.68 bits per heavy atom. The lowest BCUT2D eigenvalue weighted by Crippen LogP contribution is -2.39. The lowest BCUT2D eigenvalue weighted by atomic mass is 9.76. The van der Waals surface area contributed by atoms with Gasteiger partial charge >= 0.3 is 5.97 Å². The number of esters is 1. The SMILES string of the molecule is O=C1OC(CNS(=O)(=O)c2ccccc2[N+](=O)[O-])CC12CCNCC2. The first-order valence-electron chi connectivity index (χ1n) is 7.99. The quantitative estimate of drug-likeness (QED) is 0.441. The molecule has 25 heavy (non-hydrogen) atoms. The zero-order valence-corrected chi connectivity index (χ0v) is 14.3. The van der Waals surface area contributed by atoms with Crippen LogP contribution in [0.1, 0.15) is 19.3 Å². The van der Waals surface area contributed by atoms with Crippen LogP contribution in [0.3, 0.4) is 0 Å². The van der Waals surface area contributed by atoms with Crippen LogP contribution in [-0.4, -0.2) is 45.0 Å². The largest absolute Gasteiger partial charge is 0.461 e. The first-order chi connectivity index (χ1) is 11.8. The second-order valence-electron chi connectivity index (χ2n) is 6.34. The summed E-state index contributed by atoms with van der Waals surface area (Å²) in [5.41, 5.74) is -1.03. The Kier molecular flexibility index (Phi) is 4.76. The van der Waals surface area contributed by atoms with E-state index in [4.69, 9.17) is 4.74 Å². The molecule has 1 aromatic rings. The van der Waals surface area contributed by atoms with E-state index in [2.05, 4.69) is 10.0 Å². The van der Waals surface area contributed by atoms with E-state index < -0.39 is 37.0 Å². The summed E-state index contributed by atoms with van der Waals surface area (Å²) >= 11 is 0. The van der Waals surface area contributed by atoms with Crippen LogP contribution >= 0.6 is 0 Å². The fraction of sp³-hybridized carbons (Fsp3) is 0.533. The highest BCUT2D eigenvalue weighted by molar-refractivity contribution is 7.89. The second-order valence-corrected chi connectivity index (χ2v) is 8.07. The van der Waals surface area contributed by atoms with Crippen molar-refractivity contribution >= 4 is 21.7 Å². The van der Waals surface area contributed by atoms with Crippen LogP contribution < -0.4 is 10.0 Å². The highest BCUT2D eigenvalue weighted by Gasteiger charge is 2.49. The molecule has 2 fully saturated rings. The number of hydrogen-bond donors (Lipinski definition) is 2. The number of para-hydroxylation sites is 1. The number of hydrogen-bond acceptors (Lipinski definition) is 7. The number of carbonyl (C=O) groups excluding carboxylic acids is 1. The van der Waals surface area contributed by atoms with Gasteiger partial charge in [-0.25, -0.2) is 13.1 Å². The molecule has 1 aromatic carbocycles. The number of benzene rings is 1. The number of rotatable bonds is 5. The van der Waals surface area contributed by atoms with Gasteiger partial charge in [-0.15, -0.1) is 0 Å². The van der Waals surface area contributed by atoms with Crippen LogP contribution in [0.15, 0.2) is 29.2 Å². The molecule has 2 heterocycles. The van der Waals surface area contributed by atoms with Crippen molar-refractivity contribution in [3.63, 3.8) is 0 Å². The molecule has 0 radical (unpaired) electrons. The maximum absolute atomic E-state index is 12.4. The lowest BCUT2D eigenvalue weighted by Gasteiger charge is -2.29. The Morgan fingerprint density at radius 1 is 1.32 bits per heavy atom. The van der Waals surface area contributed by atoms with Crippen molar-refractivity contribution in [3.05, 3.63) is 34.4 Å². The van der Waals surface area contributed by atoms with Gasteiger partial charge in [0.1, 0.15) is 6.10 Å². The first-order valence-corrected chi connectivity index (χ1v) is 9.47. The smallest absolute Gasteiger partial charge is 0.312 e. The molecule has 2 saturated heterocycles. The third-order valence-electron chi connectivity index (χ3n) is 4.74. The van der Waals surface area contributed by atoms with E-state index in [0.717, 1.165) is 19.2 Å². The number of cyclic esters (lactones) is 1. The minimum Gasteiger partial charge on any atom is -0.461 e. The third kappa shape index (κ3) is 3.51. The molecule has 0 bridgehead atoms. The maximum atomic E-state index is 12.4. The van der Waals surface area contributed by atoms with E-state index in [1.54, 1.807) is 0 Å². The molecule has 2 aliphatic heterocycles. The number of nitrogens with zero attached hydrogens (tertiary/aromatic N) is 1. The first kappa shape index (κ1) is 17.8. The molecule has 1 unspecified atom stereocenters. The summed E-state index contributed by atoms with van der Waals surface area (Å²) in [6.07, 6.45) is 1.22. The highest BCUT2D eigenvalue weighted by atomic mass is 32.2. The van der Waals surface area contributed by atoms with Gasteiger partial charge in [0.15, 0.2) is 4.90 Å². The maximum Gasteiger partial charge on any atom is 0.312 e. The van der Waals surface area contributed by atoms with E-state index in [1.165, 1.54) is 18.2 Å². The molecular formula is C15H19N3O6S. The predicted octanol–water partition coefficient (Wildman–Crippen LogP) is 0.558. The van der Waals surface area contributed by atoms with Crippen LogP contribution in [0.25, 0.3) is 0 Å². The van der Waals surface area contributed by atoms with Gasteiger partial charge in [0, 0.05) is 19.0 Å². The van der Waals surface area contributed by atoms with Crippen LogP contribution in [-0.2, 0) is 19.6 Å². The molecule has 0 aromatic heterocycles. The molecule has 0 amide bonds. The zero-order chi connectivity index (χ0) is 18.1.